The van der Waals surface area contributed by atoms with Gasteiger partial charge in [0, 0.05) is 18.8 Å². The molecule has 0 heterocycles. The zero-order valence-corrected chi connectivity index (χ0v) is 11.0. The third-order valence-corrected chi connectivity index (χ3v) is 2.81. The molecule has 0 atom stereocenters. The van der Waals surface area contributed by atoms with E-state index in [9.17, 15) is 9.59 Å². The second-order valence-corrected chi connectivity index (χ2v) is 4.01. The average molecular weight is 271 g/mol. The second kappa shape index (κ2) is 6.26. The molecule has 0 fully saturated rings. The summed E-state index contributed by atoms with van der Waals surface area (Å²) in [5.74, 6) is -1.10. The minimum absolute atomic E-state index is 0.0116. The summed E-state index contributed by atoms with van der Waals surface area (Å²) in [5, 5.41) is 11.6. The molecule has 2 amide bonds. The van der Waals surface area contributed by atoms with Gasteiger partial charge in [-0.3, -0.25) is 0 Å². The van der Waals surface area contributed by atoms with Gasteiger partial charge in [-0.1, -0.05) is 11.6 Å². The molecule has 5 nitrogen and oxygen atoms in total. The summed E-state index contributed by atoms with van der Waals surface area (Å²) in [4.78, 5) is 24.1. The van der Waals surface area contributed by atoms with Gasteiger partial charge in [0.1, 0.15) is 0 Å². The number of carboxylic acids is 1. The lowest BCUT2D eigenvalue weighted by Gasteiger charge is -2.19. The van der Waals surface area contributed by atoms with Crippen molar-refractivity contribution in [1.29, 1.82) is 0 Å². The third kappa shape index (κ3) is 3.37. The van der Waals surface area contributed by atoms with Gasteiger partial charge in [-0.25, -0.2) is 9.59 Å². The number of halogens is 1. The molecule has 1 aromatic rings. The number of amides is 2. The lowest BCUT2D eigenvalue weighted by molar-refractivity contribution is 0.0697. The molecule has 18 heavy (non-hydrogen) atoms. The summed E-state index contributed by atoms with van der Waals surface area (Å²) in [6, 6.07) is 4.06. The molecule has 0 radical (unpaired) electrons. The topological polar surface area (TPSA) is 69.6 Å². The Morgan fingerprint density at radius 3 is 2.39 bits per heavy atom. The molecule has 0 aliphatic heterocycles. The van der Waals surface area contributed by atoms with Gasteiger partial charge in [0.15, 0.2) is 0 Å². The van der Waals surface area contributed by atoms with Crippen LogP contribution in [0.2, 0.25) is 5.02 Å². The average Bonchev–Trinajstić information content (AvgIpc) is 2.30. The van der Waals surface area contributed by atoms with Crippen molar-refractivity contribution in [2.45, 2.75) is 13.8 Å². The maximum Gasteiger partial charge on any atom is 0.337 e. The van der Waals surface area contributed by atoms with E-state index in [2.05, 4.69) is 5.32 Å². The molecule has 0 aliphatic rings. The number of hydrogen-bond acceptors (Lipinski definition) is 2. The highest BCUT2D eigenvalue weighted by Crippen LogP contribution is 2.21. The molecular formula is C12H15ClN2O3. The fourth-order valence-corrected chi connectivity index (χ4v) is 1.74. The molecule has 2 N–H and O–H groups in total. The van der Waals surface area contributed by atoms with Gasteiger partial charge in [-0.2, -0.15) is 0 Å². The lowest BCUT2D eigenvalue weighted by atomic mass is 10.2. The van der Waals surface area contributed by atoms with Crippen molar-refractivity contribution >= 4 is 29.3 Å². The van der Waals surface area contributed by atoms with E-state index in [0.717, 1.165) is 0 Å². The molecule has 98 valence electrons. The Balaban J connectivity index is 2.83. The number of urea groups is 1. The lowest BCUT2D eigenvalue weighted by Crippen LogP contribution is -2.34. The van der Waals surface area contributed by atoms with Crippen LogP contribution in [0.25, 0.3) is 0 Å². The van der Waals surface area contributed by atoms with E-state index in [1.54, 1.807) is 4.90 Å². The number of rotatable bonds is 4. The van der Waals surface area contributed by atoms with Crippen molar-refractivity contribution in [3.8, 4) is 0 Å². The normalized spacial score (nSPS) is 9.94. The van der Waals surface area contributed by atoms with E-state index >= 15 is 0 Å². The van der Waals surface area contributed by atoms with Crippen LogP contribution in [-0.4, -0.2) is 35.1 Å². The Kier molecular flexibility index (Phi) is 4.97. The van der Waals surface area contributed by atoms with Gasteiger partial charge >= 0.3 is 12.0 Å². The third-order valence-electron chi connectivity index (χ3n) is 2.50. The zero-order chi connectivity index (χ0) is 13.7. The summed E-state index contributed by atoms with van der Waals surface area (Å²) < 4.78 is 0. The second-order valence-electron chi connectivity index (χ2n) is 3.60. The van der Waals surface area contributed by atoms with Gasteiger partial charge in [-0.05, 0) is 32.0 Å². The number of nitrogens with one attached hydrogen (secondary N) is 1. The molecular weight excluding hydrogens is 256 g/mol. The molecule has 6 heteroatoms. The first-order valence-electron chi connectivity index (χ1n) is 5.58. The Hall–Kier alpha value is -1.75. The van der Waals surface area contributed by atoms with E-state index in [1.807, 2.05) is 13.8 Å². The van der Waals surface area contributed by atoms with Crippen LogP contribution in [0.4, 0.5) is 10.5 Å². The summed E-state index contributed by atoms with van der Waals surface area (Å²) >= 11 is 5.81. The van der Waals surface area contributed by atoms with E-state index < -0.39 is 5.97 Å². The molecule has 0 aromatic heterocycles. The fraction of sp³-hybridized carbons (Fsp3) is 0.333. The van der Waals surface area contributed by atoms with Crippen molar-refractivity contribution < 1.29 is 14.7 Å². The molecule has 0 saturated heterocycles. The Labute approximate surface area is 110 Å². The van der Waals surface area contributed by atoms with Crippen LogP contribution in [0.1, 0.15) is 24.2 Å². The smallest absolute Gasteiger partial charge is 0.337 e. The maximum atomic E-state index is 11.8. The molecule has 0 saturated carbocycles. The minimum atomic E-state index is -1.10. The summed E-state index contributed by atoms with van der Waals surface area (Å²) in [6.45, 7) is 4.96. The number of carboxylic acid groups (broad SMARTS) is 1. The molecule has 0 bridgehead atoms. The Bertz CT molecular complexity index is 459. The SMILES string of the molecule is CCN(CC)C(=O)Nc1ccc(C(=O)O)c(Cl)c1. The van der Waals surface area contributed by atoms with E-state index in [0.29, 0.717) is 18.8 Å². The predicted octanol–water partition coefficient (Wildman–Crippen LogP) is 2.91. The minimum Gasteiger partial charge on any atom is -0.478 e. The van der Waals surface area contributed by atoms with Gasteiger partial charge in [0.05, 0.1) is 10.6 Å². The van der Waals surface area contributed by atoms with Gasteiger partial charge in [0.2, 0.25) is 0 Å². The standard InChI is InChI=1S/C12H15ClN2O3/c1-3-15(4-2)12(18)14-8-5-6-9(11(16)17)10(13)7-8/h5-7H,3-4H2,1-2H3,(H,14,18)(H,16,17). The molecule has 0 unspecified atom stereocenters. The fourth-order valence-electron chi connectivity index (χ4n) is 1.48. The van der Waals surface area contributed by atoms with E-state index in [1.165, 1.54) is 18.2 Å². The van der Waals surface area contributed by atoms with Crippen LogP contribution in [0, 0.1) is 0 Å². The molecule has 0 spiro atoms. The summed E-state index contributed by atoms with van der Waals surface area (Å²) in [6.07, 6.45) is 0. The highest BCUT2D eigenvalue weighted by atomic mass is 35.5. The zero-order valence-electron chi connectivity index (χ0n) is 10.2. The predicted molar refractivity (Wildman–Crippen MR) is 70.4 cm³/mol. The largest absolute Gasteiger partial charge is 0.478 e. The maximum absolute atomic E-state index is 11.8. The van der Waals surface area contributed by atoms with Crippen LogP contribution in [-0.2, 0) is 0 Å². The number of anilines is 1. The monoisotopic (exact) mass is 270 g/mol. The van der Waals surface area contributed by atoms with Gasteiger partial charge < -0.3 is 15.3 Å². The Morgan fingerprint density at radius 2 is 1.94 bits per heavy atom. The molecule has 1 aromatic carbocycles. The van der Waals surface area contributed by atoms with Crippen molar-refractivity contribution in [2.75, 3.05) is 18.4 Å². The number of benzene rings is 1. The highest BCUT2D eigenvalue weighted by molar-refractivity contribution is 6.33. The van der Waals surface area contributed by atoms with Crippen molar-refractivity contribution in [3.05, 3.63) is 28.8 Å². The number of hydrogen-bond donors (Lipinski definition) is 2. The van der Waals surface area contributed by atoms with Crippen LogP contribution in [0.15, 0.2) is 18.2 Å². The number of aromatic carboxylic acids is 1. The van der Waals surface area contributed by atoms with Gasteiger partial charge in [-0.15, -0.1) is 0 Å². The number of carbonyl (C=O) groups excluding carboxylic acids is 1. The quantitative estimate of drug-likeness (QED) is 0.884. The highest BCUT2D eigenvalue weighted by Gasteiger charge is 2.12. The van der Waals surface area contributed by atoms with Gasteiger partial charge in [0.25, 0.3) is 0 Å². The van der Waals surface area contributed by atoms with Crippen molar-refractivity contribution in [3.63, 3.8) is 0 Å². The number of nitrogens with zero attached hydrogens (tertiary/aromatic N) is 1. The number of carbonyl (C=O) groups is 2. The molecule has 1 rings (SSSR count). The van der Waals surface area contributed by atoms with E-state index in [-0.39, 0.29) is 16.6 Å². The van der Waals surface area contributed by atoms with Crippen LogP contribution < -0.4 is 5.32 Å². The van der Waals surface area contributed by atoms with Crippen LogP contribution >= 0.6 is 11.6 Å². The first kappa shape index (κ1) is 14.3. The molecule has 0 aliphatic carbocycles. The van der Waals surface area contributed by atoms with Crippen LogP contribution in [0.5, 0.6) is 0 Å². The van der Waals surface area contributed by atoms with Crippen molar-refractivity contribution in [2.24, 2.45) is 0 Å². The first-order chi connectivity index (χ1) is 8.49. The van der Waals surface area contributed by atoms with Crippen molar-refractivity contribution in [1.82, 2.24) is 4.90 Å². The first-order valence-corrected chi connectivity index (χ1v) is 5.96. The Morgan fingerprint density at radius 1 is 1.33 bits per heavy atom. The van der Waals surface area contributed by atoms with E-state index in [4.69, 9.17) is 16.7 Å². The summed E-state index contributed by atoms with van der Waals surface area (Å²) in [5.41, 5.74) is 0.486. The summed E-state index contributed by atoms with van der Waals surface area (Å²) in [7, 11) is 0. The van der Waals surface area contributed by atoms with Crippen LogP contribution in [0.3, 0.4) is 0 Å².